The molecule has 0 fully saturated rings. The fraction of sp³-hybridized carbons (Fsp3) is 0.333. The predicted octanol–water partition coefficient (Wildman–Crippen LogP) is 3.07. The van der Waals surface area contributed by atoms with Gasteiger partial charge in [0.1, 0.15) is 11.6 Å². The Hall–Kier alpha value is -1.63. The SMILES string of the molecule is CC(N)C(C)C(=O)Nc1ccnn1Cc1ccc(Cl)c(F)c1.Cl. The number of rotatable bonds is 5. The predicted molar refractivity (Wildman–Crippen MR) is 91.4 cm³/mol. The van der Waals surface area contributed by atoms with Crippen LogP contribution in [0.15, 0.2) is 30.5 Å². The number of nitrogens with one attached hydrogen (secondary N) is 1. The number of carbonyl (C=O) groups excluding carboxylic acids is 1. The highest BCUT2D eigenvalue weighted by molar-refractivity contribution is 6.30. The topological polar surface area (TPSA) is 72.9 Å². The molecule has 2 rings (SSSR count). The molecule has 0 bridgehead atoms. The van der Waals surface area contributed by atoms with E-state index in [0.717, 1.165) is 0 Å². The van der Waals surface area contributed by atoms with Crippen molar-refractivity contribution < 1.29 is 9.18 Å². The quantitative estimate of drug-likeness (QED) is 0.860. The van der Waals surface area contributed by atoms with Crippen molar-refractivity contribution in [1.82, 2.24) is 9.78 Å². The zero-order chi connectivity index (χ0) is 16.3. The van der Waals surface area contributed by atoms with Crippen molar-refractivity contribution in [3.8, 4) is 0 Å². The van der Waals surface area contributed by atoms with Crippen LogP contribution in [0.2, 0.25) is 5.02 Å². The maximum Gasteiger partial charge on any atom is 0.229 e. The molecule has 2 aromatic rings. The zero-order valence-electron chi connectivity index (χ0n) is 12.8. The average Bonchev–Trinajstić information content (AvgIpc) is 2.89. The van der Waals surface area contributed by atoms with Crippen LogP contribution < -0.4 is 11.1 Å². The van der Waals surface area contributed by atoms with E-state index in [1.165, 1.54) is 12.1 Å². The van der Waals surface area contributed by atoms with Gasteiger partial charge in [0, 0.05) is 12.1 Å². The van der Waals surface area contributed by atoms with E-state index in [2.05, 4.69) is 10.4 Å². The van der Waals surface area contributed by atoms with Gasteiger partial charge in [0.2, 0.25) is 5.91 Å². The minimum absolute atomic E-state index is 0. The van der Waals surface area contributed by atoms with E-state index >= 15 is 0 Å². The molecule has 1 amide bonds. The maximum atomic E-state index is 13.5. The summed E-state index contributed by atoms with van der Waals surface area (Å²) in [4.78, 5) is 12.0. The molecule has 3 N–H and O–H groups in total. The lowest BCUT2D eigenvalue weighted by molar-refractivity contribution is -0.119. The van der Waals surface area contributed by atoms with Gasteiger partial charge in [0.15, 0.2) is 0 Å². The Morgan fingerprint density at radius 3 is 2.74 bits per heavy atom. The molecule has 0 aliphatic heterocycles. The van der Waals surface area contributed by atoms with Crippen molar-refractivity contribution in [3.05, 3.63) is 46.9 Å². The molecule has 0 aliphatic rings. The van der Waals surface area contributed by atoms with Crippen molar-refractivity contribution in [2.24, 2.45) is 11.7 Å². The second-order valence-corrected chi connectivity index (χ2v) is 5.67. The first kappa shape index (κ1) is 19.4. The summed E-state index contributed by atoms with van der Waals surface area (Å²) in [6.45, 7) is 3.86. The standard InChI is InChI=1S/C15H18ClFN4O.ClH/c1-9(10(2)18)15(22)20-14-5-6-19-21(14)8-11-3-4-12(16)13(17)7-11;/h3-7,9-10H,8,18H2,1-2H3,(H,20,22);1H. The summed E-state index contributed by atoms with van der Waals surface area (Å²) >= 11 is 5.66. The molecular formula is C15H19Cl2FN4O. The van der Waals surface area contributed by atoms with Gasteiger partial charge >= 0.3 is 0 Å². The lowest BCUT2D eigenvalue weighted by Crippen LogP contribution is -2.34. The number of amides is 1. The number of benzene rings is 1. The Kier molecular flexibility index (Phi) is 7.00. The molecule has 0 saturated carbocycles. The van der Waals surface area contributed by atoms with Gasteiger partial charge < -0.3 is 11.1 Å². The maximum absolute atomic E-state index is 13.5. The fourth-order valence-corrected chi connectivity index (χ4v) is 1.97. The molecule has 126 valence electrons. The molecule has 1 heterocycles. The number of aromatic nitrogens is 2. The first-order valence-electron chi connectivity index (χ1n) is 6.90. The van der Waals surface area contributed by atoms with E-state index in [-0.39, 0.29) is 35.3 Å². The third-order valence-corrected chi connectivity index (χ3v) is 3.79. The van der Waals surface area contributed by atoms with Crippen LogP contribution >= 0.6 is 24.0 Å². The summed E-state index contributed by atoms with van der Waals surface area (Å²) in [5, 5.41) is 6.99. The van der Waals surface area contributed by atoms with Crippen LogP contribution in [0.4, 0.5) is 10.2 Å². The molecule has 8 heteroatoms. The molecule has 0 aliphatic carbocycles. The molecule has 0 radical (unpaired) electrons. The number of carbonyl (C=O) groups is 1. The van der Waals surface area contributed by atoms with E-state index in [4.69, 9.17) is 17.3 Å². The van der Waals surface area contributed by atoms with Crippen molar-refractivity contribution >= 4 is 35.7 Å². The molecule has 0 saturated heterocycles. The van der Waals surface area contributed by atoms with Crippen LogP contribution in [0.3, 0.4) is 0 Å². The van der Waals surface area contributed by atoms with Gasteiger partial charge in [0.05, 0.1) is 23.7 Å². The third-order valence-electron chi connectivity index (χ3n) is 3.49. The fourth-order valence-electron chi connectivity index (χ4n) is 1.85. The Balaban J connectivity index is 0.00000264. The normalized spacial score (nSPS) is 13.1. The highest BCUT2D eigenvalue weighted by atomic mass is 35.5. The smallest absolute Gasteiger partial charge is 0.229 e. The Bertz CT molecular complexity index is 675. The summed E-state index contributed by atoms with van der Waals surface area (Å²) < 4.78 is 15.0. The van der Waals surface area contributed by atoms with E-state index in [9.17, 15) is 9.18 Å². The van der Waals surface area contributed by atoms with Crippen molar-refractivity contribution in [3.63, 3.8) is 0 Å². The lowest BCUT2D eigenvalue weighted by atomic mass is 10.0. The van der Waals surface area contributed by atoms with Gasteiger partial charge in [-0.05, 0) is 24.6 Å². The van der Waals surface area contributed by atoms with Crippen LogP contribution in [-0.2, 0) is 11.3 Å². The summed E-state index contributed by atoms with van der Waals surface area (Å²) in [7, 11) is 0. The van der Waals surface area contributed by atoms with E-state index in [1.807, 2.05) is 0 Å². The van der Waals surface area contributed by atoms with Gasteiger partial charge in [-0.25, -0.2) is 9.07 Å². The van der Waals surface area contributed by atoms with Crippen LogP contribution in [0.5, 0.6) is 0 Å². The largest absolute Gasteiger partial charge is 0.327 e. The summed E-state index contributed by atoms with van der Waals surface area (Å²) in [5.41, 5.74) is 6.42. The first-order valence-corrected chi connectivity index (χ1v) is 7.28. The highest BCUT2D eigenvalue weighted by Crippen LogP contribution is 2.18. The van der Waals surface area contributed by atoms with Crippen molar-refractivity contribution in [2.75, 3.05) is 5.32 Å². The number of hydrogen-bond acceptors (Lipinski definition) is 3. The molecule has 2 atom stereocenters. The molecule has 0 spiro atoms. The van der Waals surface area contributed by atoms with Gasteiger partial charge in [-0.3, -0.25) is 4.79 Å². The summed E-state index contributed by atoms with van der Waals surface area (Å²) in [6, 6.07) is 5.98. The molecular weight excluding hydrogens is 342 g/mol. The Morgan fingerprint density at radius 2 is 2.13 bits per heavy atom. The van der Waals surface area contributed by atoms with Gasteiger partial charge in [-0.1, -0.05) is 24.6 Å². The Labute approximate surface area is 145 Å². The number of hydrogen-bond donors (Lipinski definition) is 2. The van der Waals surface area contributed by atoms with Gasteiger partial charge in [-0.15, -0.1) is 12.4 Å². The summed E-state index contributed by atoms with van der Waals surface area (Å²) in [5.74, 6) is -0.453. The molecule has 5 nitrogen and oxygen atoms in total. The molecule has 1 aromatic heterocycles. The molecule has 23 heavy (non-hydrogen) atoms. The number of halogens is 3. The lowest BCUT2D eigenvalue weighted by Gasteiger charge is -2.16. The third kappa shape index (κ3) is 4.92. The Morgan fingerprint density at radius 1 is 1.43 bits per heavy atom. The van der Waals surface area contributed by atoms with Gasteiger partial charge in [0.25, 0.3) is 0 Å². The number of nitrogens with zero attached hydrogens (tertiary/aromatic N) is 2. The van der Waals surface area contributed by atoms with Crippen molar-refractivity contribution in [2.45, 2.75) is 26.4 Å². The van der Waals surface area contributed by atoms with E-state index < -0.39 is 5.82 Å². The minimum Gasteiger partial charge on any atom is -0.327 e. The number of nitrogens with two attached hydrogens (primary N) is 1. The monoisotopic (exact) mass is 360 g/mol. The zero-order valence-corrected chi connectivity index (χ0v) is 14.4. The van der Waals surface area contributed by atoms with Crippen LogP contribution in [0.25, 0.3) is 0 Å². The van der Waals surface area contributed by atoms with Crippen LogP contribution in [-0.4, -0.2) is 21.7 Å². The van der Waals surface area contributed by atoms with E-state index in [0.29, 0.717) is 17.9 Å². The van der Waals surface area contributed by atoms with Crippen LogP contribution in [0.1, 0.15) is 19.4 Å². The van der Waals surface area contributed by atoms with Crippen LogP contribution in [0, 0.1) is 11.7 Å². The second-order valence-electron chi connectivity index (χ2n) is 5.26. The first-order chi connectivity index (χ1) is 10.4. The average molecular weight is 361 g/mol. The molecule has 2 unspecified atom stereocenters. The summed E-state index contributed by atoms with van der Waals surface area (Å²) in [6.07, 6.45) is 1.57. The highest BCUT2D eigenvalue weighted by Gasteiger charge is 2.18. The van der Waals surface area contributed by atoms with E-state index in [1.54, 1.807) is 36.9 Å². The van der Waals surface area contributed by atoms with Gasteiger partial charge in [-0.2, -0.15) is 5.10 Å². The van der Waals surface area contributed by atoms with Crippen molar-refractivity contribution in [1.29, 1.82) is 0 Å². The number of anilines is 1. The second kappa shape index (κ2) is 8.29. The minimum atomic E-state index is -0.484. The molecule has 1 aromatic carbocycles.